The Morgan fingerprint density at radius 1 is 1.64 bits per heavy atom. The van der Waals surface area contributed by atoms with Crippen molar-refractivity contribution >= 4 is 17.5 Å². The Hall–Kier alpha value is -0.900. The highest BCUT2D eigenvalue weighted by atomic mass is 32.2. The van der Waals surface area contributed by atoms with E-state index >= 15 is 0 Å². The van der Waals surface area contributed by atoms with Crippen molar-refractivity contribution in [2.45, 2.75) is 30.3 Å². The summed E-state index contributed by atoms with van der Waals surface area (Å²) in [6.07, 6.45) is 4.87. The number of hydrogen-bond donors (Lipinski definition) is 1. The number of hydrogen-bond acceptors (Lipinski definition) is 4. The minimum absolute atomic E-state index is 0.380. The first kappa shape index (κ1) is 9.65. The van der Waals surface area contributed by atoms with Crippen molar-refractivity contribution in [1.29, 1.82) is 0 Å². The molecule has 3 nitrogen and oxygen atoms in total. The SMILES string of the molecule is O/N=C1\CCCC1SCc1ccco1. The molecule has 1 heterocycles. The minimum atomic E-state index is 0.380. The third-order valence-corrected chi connectivity index (χ3v) is 3.77. The van der Waals surface area contributed by atoms with Crippen LogP contribution in [0.1, 0.15) is 25.0 Å². The molecule has 0 amide bonds. The molecule has 0 spiro atoms. The van der Waals surface area contributed by atoms with E-state index in [-0.39, 0.29) is 0 Å². The van der Waals surface area contributed by atoms with Crippen molar-refractivity contribution in [1.82, 2.24) is 0 Å². The van der Waals surface area contributed by atoms with Crippen molar-refractivity contribution in [3.8, 4) is 0 Å². The summed E-state index contributed by atoms with van der Waals surface area (Å²) in [7, 11) is 0. The van der Waals surface area contributed by atoms with Crippen LogP contribution in [-0.4, -0.2) is 16.2 Å². The average molecular weight is 211 g/mol. The third kappa shape index (κ3) is 2.12. The summed E-state index contributed by atoms with van der Waals surface area (Å²) in [6.45, 7) is 0. The predicted molar refractivity (Wildman–Crippen MR) is 56.9 cm³/mol. The van der Waals surface area contributed by atoms with Crippen LogP contribution in [0.25, 0.3) is 0 Å². The fraction of sp³-hybridized carbons (Fsp3) is 0.500. The van der Waals surface area contributed by atoms with E-state index in [1.165, 1.54) is 0 Å². The number of nitrogens with zero attached hydrogens (tertiary/aromatic N) is 1. The van der Waals surface area contributed by atoms with Crippen LogP contribution in [-0.2, 0) is 5.75 Å². The van der Waals surface area contributed by atoms with Crippen molar-refractivity contribution in [3.05, 3.63) is 24.2 Å². The standard InChI is InChI=1S/C10H13NO2S/c12-11-9-4-1-5-10(9)14-7-8-3-2-6-13-8/h2-3,6,10,12H,1,4-5,7H2/b11-9+. The molecule has 0 bridgehead atoms. The van der Waals surface area contributed by atoms with Gasteiger partial charge in [0.05, 0.1) is 17.7 Å². The van der Waals surface area contributed by atoms with Gasteiger partial charge in [0.1, 0.15) is 5.76 Å². The monoisotopic (exact) mass is 211 g/mol. The van der Waals surface area contributed by atoms with Gasteiger partial charge in [-0.3, -0.25) is 0 Å². The van der Waals surface area contributed by atoms with Crippen molar-refractivity contribution in [3.63, 3.8) is 0 Å². The molecule has 1 atom stereocenters. The van der Waals surface area contributed by atoms with Crippen LogP contribution in [0.3, 0.4) is 0 Å². The summed E-state index contributed by atoms with van der Waals surface area (Å²) in [6, 6.07) is 3.86. The molecule has 2 rings (SSSR count). The number of furan rings is 1. The Bertz CT molecular complexity index is 308. The molecule has 1 unspecified atom stereocenters. The minimum Gasteiger partial charge on any atom is -0.468 e. The molecule has 14 heavy (non-hydrogen) atoms. The number of oxime groups is 1. The van der Waals surface area contributed by atoms with Gasteiger partial charge in [-0.1, -0.05) is 5.16 Å². The van der Waals surface area contributed by atoms with Gasteiger partial charge in [-0.2, -0.15) is 0 Å². The molecule has 0 radical (unpaired) electrons. The van der Waals surface area contributed by atoms with Crippen LogP contribution in [0.4, 0.5) is 0 Å². The topological polar surface area (TPSA) is 45.7 Å². The lowest BCUT2D eigenvalue weighted by atomic mass is 10.3. The average Bonchev–Trinajstić information content (AvgIpc) is 2.85. The molecule has 0 aromatic carbocycles. The van der Waals surface area contributed by atoms with E-state index in [2.05, 4.69) is 5.16 Å². The fourth-order valence-corrected chi connectivity index (χ4v) is 2.89. The smallest absolute Gasteiger partial charge is 0.113 e. The van der Waals surface area contributed by atoms with Gasteiger partial charge in [-0.05, 0) is 31.4 Å². The molecule has 1 aromatic heterocycles. The summed E-state index contributed by atoms with van der Waals surface area (Å²) in [4.78, 5) is 0. The molecule has 1 N–H and O–H groups in total. The molecule has 1 aromatic rings. The molecule has 1 fully saturated rings. The molecule has 1 aliphatic rings. The maximum Gasteiger partial charge on any atom is 0.113 e. The Kier molecular flexibility index (Phi) is 3.14. The van der Waals surface area contributed by atoms with Gasteiger partial charge < -0.3 is 9.62 Å². The summed E-state index contributed by atoms with van der Waals surface area (Å²) in [5.41, 5.74) is 0.932. The molecule has 76 valence electrons. The second-order valence-electron chi connectivity index (χ2n) is 3.36. The summed E-state index contributed by atoms with van der Waals surface area (Å²) < 4.78 is 5.24. The molecule has 1 aliphatic carbocycles. The van der Waals surface area contributed by atoms with Gasteiger partial charge in [0.25, 0.3) is 0 Å². The quantitative estimate of drug-likeness (QED) is 0.617. The van der Waals surface area contributed by atoms with Crippen LogP contribution in [0.5, 0.6) is 0 Å². The first-order valence-electron chi connectivity index (χ1n) is 4.75. The first-order chi connectivity index (χ1) is 6.90. The molecular weight excluding hydrogens is 198 g/mol. The molecule has 0 saturated heterocycles. The lowest BCUT2D eigenvalue weighted by Gasteiger charge is -2.07. The van der Waals surface area contributed by atoms with E-state index in [0.29, 0.717) is 5.25 Å². The fourth-order valence-electron chi connectivity index (χ4n) is 1.67. The van der Waals surface area contributed by atoms with Gasteiger partial charge >= 0.3 is 0 Å². The van der Waals surface area contributed by atoms with Crippen molar-refractivity contribution in [2.75, 3.05) is 0 Å². The zero-order valence-corrected chi connectivity index (χ0v) is 8.67. The van der Waals surface area contributed by atoms with Gasteiger partial charge in [0.2, 0.25) is 0 Å². The lowest BCUT2D eigenvalue weighted by molar-refractivity contribution is 0.317. The molecule has 0 aliphatic heterocycles. The Morgan fingerprint density at radius 3 is 3.29 bits per heavy atom. The second-order valence-corrected chi connectivity index (χ2v) is 4.55. The van der Waals surface area contributed by atoms with Crippen LogP contribution < -0.4 is 0 Å². The highest BCUT2D eigenvalue weighted by Gasteiger charge is 2.23. The van der Waals surface area contributed by atoms with Gasteiger partial charge in [-0.15, -0.1) is 11.8 Å². The lowest BCUT2D eigenvalue weighted by Crippen LogP contribution is -2.09. The van der Waals surface area contributed by atoms with E-state index in [9.17, 15) is 0 Å². The maximum absolute atomic E-state index is 8.74. The van der Waals surface area contributed by atoms with E-state index in [1.54, 1.807) is 18.0 Å². The maximum atomic E-state index is 8.74. The summed E-state index contributed by atoms with van der Waals surface area (Å²) in [5, 5.41) is 12.5. The zero-order valence-electron chi connectivity index (χ0n) is 7.85. The van der Waals surface area contributed by atoms with E-state index in [1.807, 2.05) is 12.1 Å². The van der Waals surface area contributed by atoms with Crippen LogP contribution >= 0.6 is 11.8 Å². The Morgan fingerprint density at radius 2 is 2.57 bits per heavy atom. The highest BCUT2D eigenvalue weighted by Crippen LogP contribution is 2.29. The van der Waals surface area contributed by atoms with Crippen LogP contribution in [0, 0.1) is 0 Å². The Labute approximate surface area is 87.2 Å². The summed E-state index contributed by atoms with van der Waals surface area (Å²) >= 11 is 1.79. The second kappa shape index (κ2) is 4.55. The largest absolute Gasteiger partial charge is 0.468 e. The summed E-state index contributed by atoms with van der Waals surface area (Å²) in [5.74, 6) is 1.84. The Balaban J connectivity index is 1.86. The normalized spacial score (nSPS) is 24.6. The number of rotatable bonds is 3. The highest BCUT2D eigenvalue weighted by molar-refractivity contribution is 7.99. The van der Waals surface area contributed by atoms with E-state index in [0.717, 1.165) is 36.5 Å². The van der Waals surface area contributed by atoms with E-state index in [4.69, 9.17) is 9.62 Å². The van der Waals surface area contributed by atoms with Crippen LogP contribution in [0.15, 0.2) is 28.0 Å². The third-order valence-electron chi connectivity index (χ3n) is 2.41. The van der Waals surface area contributed by atoms with E-state index < -0.39 is 0 Å². The van der Waals surface area contributed by atoms with Crippen LogP contribution in [0.2, 0.25) is 0 Å². The predicted octanol–water partition coefficient (Wildman–Crippen LogP) is 2.90. The first-order valence-corrected chi connectivity index (χ1v) is 5.80. The molecule has 1 saturated carbocycles. The van der Waals surface area contributed by atoms with Gasteiger partial charge in [0, 0.05) is 5.25 Å². The van der Waals surface area contributed by atoms with Gasteiger partial charge in [-0.25, -0.2) is 0 Å². The zero-order chi connectivity index (χ0) is 9.80. The molecular formula is C10H13NO2S. The van der Waals surface area contributed by atoms with Gasteiger partial charge in [0.15, 0.2) is 0 Å². The van der Waals surface area contributed by atoms with Crippen molar-refractivity contribution in [2.24, 2.45) is 5.16 Å². The van der Waals surface area contributed by atoms with Crippen molar-refractivity contribution < 1.29 is 9.62 Å². The number of thioether (sulfide) groups is 1. The molecule has 4 heteroatoms.